The Balaban J connectivity index is 2.34. The lowest BCUT2D eigenvalue weighted by Gasteiger charge is -2.31. The van der Waals surface area contributed by atoms with Crippen LogP contribution in [-0.2, 0) is 16.6 Å². The first kappa shape index (κ1) is 13.8. The molecule has 5 heteroatoms. The van der Waals surface area contributed by atoms with Gasteiger partial charge in [0.15, 0.2) is 0 Å². The van der Waals surface area contributed by atoms with Crippen LogP contribution in [0.2, 0.25) is 0 Å². The summed E-state index contributed by atoms with van der Waals surface area (Å²) in [6, 6.07) is 0. The molecule has 0 aromatic carbocycles. The van der Waals surface area contributed by atoms with Crippen molar-refractivity contribution in [1.29, 1.82) is 0 Å². The van der Waals surface area contributed by atoms with Gasteiger partial charge in [-0.3, -0.25) is 19.6 Å². The minimum absolute atomic E-state index is 0.0441. The highest BCUT2D eigenvalue weighted by Gasteiger charge is 2.38. The maximum absolute atomic E-state index is 12.1. The predicted octanol–water partition coefficient (Wildman–Crippen LogP) is 1.52. The van der Waals surface area contributed by atoms with Crippen molar-refractivity contribution in [2.75, 3.05) is 0 Å². The molecule has 1 aliphatic rings. The van der Waals surface area contributed by atoms with Crippen LogP contribution in [0, 0.1) is 18.8 Å². The monoisotopic (exact) mass is 263 g/mol. The van der Waals surface area contributed by atoms with Crippen molar-refractivity contribution in [1.82, 2.24) is 15.1 Å². The summed E-state index contributed by atoms with van der Waals surface area (Å²) in [5.41, 5.74) is 2.05. The quantitative estimate of drug-likeness (QED) is 0.841. The fourth-order valence-electron chi connectivity index (χ4n) is 2.79. The van der Waals surface area contributed by atoms with Crippen LogP contribution in [0.5, 0.6) is 0 Å². The van der Waals surface area contributed by atoms with Crippen LogP contribution in [-0.4, -0.2) is 21.6 Å². The molecule has 1 aliphatic heterocycles. The third-order valence-corrected chi connectivity index (χ3v) is 3.89. The van der Waals surface area contributed by atoms with Crippen molar-refractivity contribution in [3.63, 3.8) is 0 Å². The van der Waals surface area contributed by atoms with Gasteiger partial charge in [0.2, 0.25) is 11.8 Å². The van der Waals surface area contributed by atoms with E-state index in [0.717, 1.165) is 17.7 Å². The third kappa shape index (κ3) is 2.69. The van der Waals surface area contributed by atoms with Crippen LogP contribution in [0.15, 0.2) is 6.20 Å². The molecular formula is C14H21N3O2. The number of aryl methyl sites for hydroxylation is 1. The van der Waals surface area contributed by atoms with Crippen molar-refractivity contribution in [2.24, 2.45) is 18.9 Å². The van der Waals surface area contributed by atoms with Crippen molar-refractivity contribution in [3.05, 3.63) is 17.5 Å². The summed E-state index contributed by atoms with van der Waals surface area (Å²) >= 11 is 0. The molecule has 0 aliphatic carbocycles. The molecule has 19 heavy (non-hydrogen) atoms. The Labute approximate surface area is 113 Å². The molecule has 0 saturated carbocycles. The molecule has 0 bridgehead atoms. The smallest absolute Gasteiger partial charge is 0.230 e. The van der Waals surface area contributed by atoms with E-state index in [4.69, 9.17) is 0 Å². The van der Waals surface area contributed by atoms with E-state index in [1.807, 2.05) is 14.0 Å². The van der Waals surface area contributed by atoms with Gasteiger partial charge in [-0.05, 0) is 24.8 Å². The Hall–Kier alpha value is -1.65. The molecule has 104 valence electrons. The van der Waals surface area contributed by atoms with Gasteiger partial charge in [0, 0.05) is 31.0 Å². The number of amides is 2. The van der Waals surface area contributed by atoms with Crippen LogP contribution in [0.4, 0.5) is 0 Å². The van der Waals surface area contributed by atoms with Gasteiger partial charge in [-0.15, -0.1) is 0 Å². The molecular weight excluding hydrogens is 242 g/mol. The molecule has 1 saturated heterocycles. The van der Waals surface area contributed by atoms with Gasteiger partial charge in [0.1, 0.15) is 0 Å². The van der Waals surface area contributed by atoms with Crippen LogP contribution in [0.3, 0.4) is 0 Å². The maximum atomic E-state index is 12.1. The lowest BCUT2D eigenvalue weighted by Crippen LogP contribution is -2.45. The fraction of sp³-hybridized carbons (Fsp3) is 0.643. The normalized spacial score (nSPS) is 23.8. The zero-order valence-corrected chi connectivity index (χ0v) is 11.9. The lowest BCUT2D eigenvalue weighted by atomic mass is 9.76. The molecule has 2 heterocycles. The molecule has 1 N–H and O–H groups in total. The molecule has 0 spiro atoms. The molecule has 0 radical (unpaired) electrons. The fourth-order valence-corrected chi connectivity index (χ4v) is 2.79. The summed E-state index contributed by atoms with van der Waals surface area (Å²) in [7, 11) is 1.88. The van der Waals surface area contributed by atoms with Crippen molar-refractivity contribution in [2.45, 2.75) is 39.5 Å². The molecule has 2 atom stereocenters. The summed E-state index contributed by atoms with van der Waals surface area (Å²) in [5, 5.41) is 6.68. The summed E-state index contributed by atoms with van der Waals surface area (Å²) in [6.07, 6.45) is 2.95. The van der Waals surface area contributed by atoms with E-state index in [-0.39, 0.29) is 23.7 Å². The number of aromatic nitrogens is 2. The van der Waals surface area contributed by atoms with Crippen molar-refractivity contribution in [3.8, 4) is 0 Å². The first-order chi connectivity index (χ1) is 8.90. The van der Waals surface area contributed by atoms with Crippen molar-refractivity contribution < 1.29 is 9.59 Å². The number of nitrogens with one attached hydrogen (secondary N) is 1. The Morgan fingerprint density at radius 2 is 2.16 bits per heavy atom. The van der Waals surface area contributed by atoms with E-state index >= 15 is 0 Å². The molecule has 2 rings (SSSR count). The lowest BCUT2D eigenvalue weighted by molar-refractivity contribution is -0.137. The van der Waals surface area contributed by atoms with Gasteiger partial charge >= 0.3 is 0 Å². The minimum Gasteiger partial charge on any atom is -0.296 e. The SMILES string of the molecule is Cc1c(C2CC(=O)NC(=O)C2CC(C)C)cnn1C. The maximum Gasteiger partial charge on any atom is 0.230 e. The number of nitrogens with zero attached hydrogens (tertiary/aromatic N) is 2. The first-order valence-corrected chi connectivity index (χ1v) is 6.72. The van der Waals surface area contributed by atoms with Crippen LogP contribution in [0.25, 0.3) is 0 Å². The zero-order chi connectivity index (χ0) is 14.2. The molecule has 1 fully saturated rings. The zero-order valence-electron chi connectivity index (χ0n) is 11.9. The van der Waals surface area contributed by atoms with Crippen molar-refractivity contribution >= 4 is 11.8 Å². The summed E-state index contributed by atoms with van der Waals surface area (Å²) in [5.74, 6) is -0.0853. The number of rotatable bonds is 3. The van der Waals surface area contributed by atoms with Gasteiger partial charge in [0.25, 0.3) is 0 Å². The molecule has 1 aromatic rings. The second-order valence-electron chi connectivity index (χ2n) is 5.77. The number of carbonyl (C=O) groups excluding carboxylic acids is 2. The van der Waals surface area contributed by atoms with Crippen LogP contribution in [0.1, 0.15) is 43.9 Å². The van der Waals surface area contributed by atoms with E-state index in [2.05, 4.69) is 24.3 Å². The second kappa shape index (κ2) is 5.15. The standard InChI is InChI=1S/C14H21N3O2/c1-8(2)5-11-10(6-13(18)16-14(11)19)12-7-15-17(4)9(12)3/h7-8,10-11H,5-6H2,1-4H3,(H,16,18,19). The van der Waals surface area contributed by atoms with E-state index in [0.29, 0.717) is 12.3 Å². The number of hydrogen-bond donors (Lipinski definition) is 1. The van der Waals surface area contributed by atoms with E-state index in [1.54, 1.807) is 10.9 Å². The van der Waals surface area contributed by atoms with Gasteiger partial charge in [-0.25, -0.2) is 0 Å². The van der Waals surface area contributed by atoms with E-state index < -0.39 is 0 Å². The Kier molecular flexibility index (Phi) is 3.73. The summed E-state index contributed by atoms with van der Waals surface area (Å²) in [6.45, 7) is 6.17. The summed E-state index contributed by atoms with van der Waals surface area (Å²) in [4.78, 5) is 23.7. The van der Waals surface area contributed by atoms with Gasteiger partial charge in [-0.2, -0.15) is 5.10 Å². The Morgan fingerprint density at radius 1 is 1.47 bits per heavy atom. The highest BCUT2D eigenvalue weighted by Crippen LogP contribution is 2.36. The van der Waals surface area contributed by atoms with E-state index in [9.17, 15) is 9.59 Å². The predicted molar refractivity (Wildman–Crippen MR) is 71.4 cm³/mol. The van der Waals surface area contributed by atoms with Gasteiger partial charge < -0.3 is 0 Å². The molecule has 1 aromatic heterocycles. The van der Waals surface area contributed by atoms with Crippen LogP contribution < -0.4 is 5.32 Å². The molecule has 2 unspecified atom stereocenters. The Bertz CT molecular complexity index is 505. The topological polar surface area (TPSA) is 64.0 Å². The van der Waals surface area contributed by atoms with Gasteiger partial charge in [-0.1, -0.05) is 13.8 Å². The second-order valence-corrected chi connectivity index (χ2v) is 5.77. The average Bonchev–Trinajstić information content (AvgIpc) is 2.63. The van der Waals surface area contributed by atoms with Gasteiger partial charge in [0.05, 0.1) is 6.20 Å². The molecule has 5 nitrogen and oxygen atoms in total. The summed E-state index contributed by atoms with van der Waals surface area (Å²) < 4.78 is 1.79. The number of hydrogen-bond acceptors (Lipinski definition) is 3. The Morgan fingerprint density at radius 3 is 2.68 bits per heavy atom. The number of imide groups is 1. The number of carbonyl (C=O) groups is 2. The first-order valence-electron chi connectivity index (χ1n) is 6.72. The van der Waals surface area contributed by atoms with Crippen LogP contribution >= 0.6 is 0 Å². The third-order valence-electron chi connectivity index (χ3n) is 3.89. The highest BCUT2D eigenvalue weighted by molar-refractivity contribution is 5.99. The largest absolute Gasteiger partial charge is 0.296 e. The minimum atomic E-state index is -0.182. The number of piperidine rings is 1. The molecule has 2 amide bonds. The van der Waals surface area contributed by atoms with E-state index in [1.165, 1.54) is 0 Å². The average molecular weight is 263 g/mol. The highest BCUT2D eigenvalue weighted by atomic mass is 16.2.